The van der Waals surface area contributed by atoms with E-state index >= 15 is 0 Å². The Balaban J connectivity index is 2.88. The van der Waals surface area contributed by atoms with E-state index in [4.69, 9.17) is 9.68 Å². The lowest BCUT2D eigenvalue weighted by Gasteiger charge is -1.93. The van der Waals surface area contributed by atoms with Crippen LogP contribution in [0.3, 0.4) is 0 Å². The SMILES string of the molecule is Cc1c(C#N)oc2cc(F)c(Br)cc12. The van der Waals surface area contributed by atoms with Crippen molar-refractivity contribution in [1.82, 2.24) is 0 Å². The number of furan rings is 1. The van der Waals surface area contributed by atoms with Crippen molar-refractivity contribution in [3.8, 4) is 6.07 Å². The highest BCUT2D eigenvalue weighted by atomic mass is 79.9. The van der Waals surface area contributed by atoms with E-state index in [0.29, 0.717) is 10.1 Å². The van der Waals surface area contributed by atoms with Crippen LogP contribution < -0.4 is 0 Å². The van der Waals surface area contributed by atoms with E-state index in [1.54, 1.807) is 13.0 Å². The van der Waals surface area contributed by atoms with Gasteiger partial charge in [-0.1, -0.05) is 0 Å². The minimum atomic E-state index is -0.393. The molecule has 0 fully saturated rings. The number of fused-ring (bicyclic) bond motifs is 1. The van der Waals surface area contributed by atoms with Crippen molar-refractivity contribution in [3.63, 3.8) is 0 Å². The zero-order chi connectivity index (χ0) is 10.3. The van der Waals surface area contributed by atoms with Gasteiger partial charge in [0, 0.05) is 17.0 Å². The number of nitrogens with zero attached hydrogens (tertiary/aromatic N) is 1. The van der Waals surface area contributed by atoms with Crippen molar-refractivity contribution in [2.24, 2.45) is 0 Å². The van der Waals surface area contributed by atoms with Gasteiger partial charge >= 0.3 is 0 Å². The predicted octanol–water partition coefficient (Wildman–Crippen LogP) is 3.51. The Labute approximate surface area is 88.1 Å². The lowest BCUT2D eigenvalue weighted by molar-refractivity contribution is 0.584. The summed E-state index contributed by atoms with van der Waals surface area (Å²) in [7, 11) is 0. The number of halogens is 2. The first kappa shape index (κ1) is 9.22. The lowest BCUT2D eigenvalue weighted by atomic mass is 10.1. The van der Waals surface area contributed by atoms with Crippen LogP contribution in [0.5, 0.6) is 0 Å². The molecule has 1 heterocycles. The third-order valence-corrected chi connectivity index (χ3v) is 2.69. The van der Waals surface area contributed by atoms with Crippen LogP contribution in [0.25, 0.3) is 11.0 Å². The highest BCUT2D eigenvalue weighted by Gasteiger charge is 2.12. The maximum atomic E-state index is 13.1. The summed E-state index contributed by atoms with van der Waals surface area (Å²) < 4.78 is 18.6. The van der Waals surface area contributed by atoms with E-state index in [2.05, 4.69) is 15.9 Å². The molecule has 4 heteroatoms. The molecule has 2 aromatic rings. The number of hydrogen-bond acceptors (Lipinski definition) is 2. The molecule has 0 aliphatic carbocycles. The van der Waals surface area contributed by atoms with Crippen molar-refractivity contribution >= 4 is 26.9 Å². The Morgan fingerprint density at radius 1 is 1.50 bits per heavy atom. The van der Waals surface area contributed by atoms with E-state index in [0.717, 1.165) is 10.9 Å². The van der Waals surface area contributed by atoms with Crippen LogP contribution in [0, 0.1) is 24.1 Å². The van der Waals surface area contributed by atoms with Gasteiger partial charge in [-0.3, -0.25) is 0 Å². The molecule has 0 N–H and O–H groups in total. The summed E-state index contributed by atoms with van der Waals surface area (Å²) in [4.78, 5) is 0. The Bertz CT molecular complexity index is 553. The molecule has 0 saturated carbocycles. The molecule has 70 valence electrons. The largest absolute Gasteiger partial charge is 0.445 e. The number of hydrogen-bond donors (Lipinski definition) is 0. The molecule has 0 spiro atoms. The Kier molecular flexibility index (Phi) is 2.05. The van der Waals surface area contributed by atoms with Crippen molar-refractivity contribution in [2.75, 3.05) is 0 Å². The summed E-state index contributed by atoms with van der Waals surface area (Å²) in [5.41, 5.74) is 1.14. The molecule has 1 aromatic heterocycles. The molecule has 0 unspecified atom stereocenters. The zero-order valence-electron chi connectivity index (χ0n) is 7.27. The molecule has 0 bridgehead atoms. The first-order valence-electron chi connectivity index (χ1n) is 3.91. The van der Waals surface area contributed by atoms with Gasteiger partial charge in [0.1, 0.15) is 17.5 Å². The summed E-state index contributed by atoms with van der Waals surface area (Å²) in [5.74, 6) is -0.159. The van der Waals surface area contributed by atoms with Crippen LogP contribution in [0.15, 0.2) is 21.0 Å². The molecule has 1 aromatic carbocycles. The van der Waals surface area contributed by atoms with Gasteiger partial charge in [-0.2, -0.15) is 5.26 Å². The molecule has 0 saturated heterocycles. The van der Waals surface area contributed by atoms with Gasteiger partial charge in [0.15, 0.2) is 0 Å². The highest BCUT2D eigenvalue weighted by molar-refractivity contribution is 9.10. The van der Waals surface area contributed by atoms with E-state index in [9.17, 15) is 4.39 Å². The zero-order valence-corrected chi connectivity index (χ0v) is 8.85. The molecule has 0 aliphatic rings. The van der Waals surface area contributed by atoms with Gasteiger partial charge in [-0.25, -0.2) is 4.39 Å². The average molecular weight is 254 g/mol. The minimum absolute atomic E-state index is 0.234. The third kappa shape index (κ3) is 1.21. The maximum absolute atomic E-state index is 13.1. The fourth-order valence-electron chi connectivity index (χ4n) is 1.32. The Morgan fingerprint density at radius 3 is 2.86 bits per heavy atom. The van der Waals surface area contributed by atoms with Gasteiger partial charge in [-0.05, 0) is 28.9 Å². The number of nitriles is 1. The van der Waals surface area contributed by atoms with Gasteiger partial charge in [0.25, 0.3) is 0 Å². The minimum Gasteiger partial charge on any atom is -0.445 e. The van der Waals surface area contributed by atoms with Gasteiger partial charge in [0.2, 0.25) is 5.76 Å². The van der Waals surface area contributed by atoms with E-state index < -0.39 is 5.82 Å². The maximum Gasteiger partial charge on any atom is 0.207 e. The first-order chi connectivity index (χ1) is 6.63. The molecule has 2 rings (SSSR count). The van der Waals surface area contributed by atoms with Gasteiger partial charge in [0.05, 0.1) is 4.47 Å². The second-order valence-corrected chi connectivity index (χ2v) is 3.78. The van der Waals surface area contributed by atoms with Crippen molar-refractivity contribution in [1.29, 1.82) is 5.26 Å². The number of aryl methyl sites for hydroxylation is 1. The van der Waals surface area contributed by atoms with Crippen LogP contribution in [0.1, 0.15) is 11.3 Å². The Hall–Kier alpha value is -1.34. The van der Waals surface area contributed by atoms with Crippen molar-refractivity contribution < 1.29 is 8.81 Å². The first-order valence-corrected chi connectivity index (χ1v) is 4.71. The summed E-state index contributed by atoms with van der Waals surface area (Å²) in [6.45, 7) is 1.77. The molecule has 0 amide bonds. The molecular weight excluding hydrogens is 249 g/mol. The fourth-order valence-corrected chi connectivity index (χ4v) is 1.66. The molecule has 14 heavy (non-hydrogen) atoms. The van der Waals surface area contributed by atoms with E-state index in [-0.39, 0.29) is 5.76 Å². The summed E-state index contributed by atoms with van der Waals surface area (Å²) in [6.07, 6.45) is 0. The quantitative estimate of drug-likeness (QED) is 0.721. The van der Waals surface area contributed by atoms with Gasteiger partial charge < -0.3 is 4.42 Å². The topological polar surface area (TPSA) is 36.9 Å². The van der Waals surface area contributed by atoms with Crippen LogP contribution in [0.4, 0.5) is 4.39 Å². The van der Waals surface area contributed by atoms with Crippen LogP contribution in [-0.2, 0) is 0 Å². The second kappa shape index (κ2) is 3.10. The number of benzene rings is 1. The average Bonchev–Trinajstić information content (AvgIpc) is 2.45. The van der Waals surface area contributed by atoms with E-state index in [1.165, 1.54) is 6.07 Å². The summed E-state index contributed by atoms with van der Waals surface area (Å²) in [6, 6.07) is 4.81. The molecule has 0 atom stereocenters. The van der Waals surface area contributed by atoms with Gasteiger partial charge in [-0.15, -0.1) is 0 Å². The smallest absolute Gasteiger partial charge is 0.207 e. The third-order valence-electron chi connectivity index (χ3n) is 2.08. The van der Waals surface area contributed by atoms with Crippen LogP contribution in [0.2, 0.25) is 0 Å². The van der Waals surface area contributed by atoms with Crippen LogP contribution >= 0.6 is 15.9 Å². The second-order valence-electron chi connectivity index (χ2n) is 2.93. The Morgan fingerprint density at radius 2 is 2.21 bits per heavy atom. The molecule has 2 nitrogen and oxygen atoms in total. The van der Waals surface area contributed by atoms with Crippen molar-refractivity contribution in [3.05, 3.63) is 33.7 Å². The van der Waals surface area contributed by atoms with Crippen molar-refractivity contribution in [2.45, 2.75) is 6.92 Å². The van der Waals surface area contributed by atoms with E-state index in [1.807, 2.05) is 6.07 Å². The monoisotopic (exact) mass is 253 g/mol. The summed E-state index contributed by atoms with van der Waals surface area (Å²) in [5, 5.41) is 9.47. The molecular formula is C10H5BrFNO. The molecule has 0 radical (unpaired) electrons. The normalized spacial score (nSPS) is 10.4. The predicted molar refractivity (Wildman–Crippen MR) is 53.3 cm³/mol. The lowest BCUT2D eigenvalue weighted by Crippen LogP contribution is -1.77. The fraction of sp³-hybridized carbons (Fsp3) is 0.100. The highest BCUT2D eigenvalue weighted by Crippen LogP contribution is 2.29. The standard InChI is InChI=1S/C10H5BrFNO/c1-5-6-2-7(11)8(12)3-9(6)14-10(5)4-13/h2-3H,1H3. The number of rotatable bonds is 0. The summed E-state index contributed by atoms with van der Waals surface area (Å²) >= 11 is 3.08. The molecule has 0 aliphatic heterocycles. The van der Waals surface area contributed by atoms with Crippen LogP contribution in [-0.4, -0.2) is 0 Å².